The average molecular weight is 408 g/mol. The van der Waals surface area contributed by atoms with Crippen molar-refractivity contribution < 1.29 is 14.6 Å². The van der Waals surface area contributed by atoms with Gasteiger partial charge in [0.05, 0.1) is 6.54 Å². The zero-order valence-electron chi connectivity index (χ0n) is 15.1. The number of carboxylic acids is 1. The summed E-state index contributed by atoms with van der Waals surface area (Å²) in [5.74, 6) is -1.64. The Morgan fingerprint density at radius 2 is 1.86 bits per heavy atom. The molecular weight excluding hydrogens is 392 g/mol. The summed E-state index contributed by atoms with van der Waals surface area (Å²) >= 11 is 1.52. The first kappa shape index (κ1) is 18.7. The van der Waals surface area contributed by atoms with Gasteiger partial charge in [-0.25, -0.2) is 4.79 Å². The number of rotatable bonds is 6. The van der Waals surface area contributed by atoms with Crippen LogP contribution in [0.4, 0.5) is 0 Å². The molecule has 0 bridgehead atoms. The van der Waals surface area contributed by atoms with Crippen molar-refractivity contribution in [3.63, 3.8) is 0 Å². The summed E-state index contributed by atoms with van der Waals surface area (Å²) in [7, 11) is 0. The molecule has 0 atom stereocenters. The minimum atomic E-state index is -1.38. The van der Waals surface area contributed by atoms with E-state index in [4.69, 9.17) is 4.74 Å². The molecule has 1 aromatic carbocycles. The number of hydrogen-bond donors (Lipinski definition) is 1. The van der Waals surface area contributed by atoms with Gasteiger partial charge in [0.25, 0.3) is 5.56 Å². The topological polar surface area (TPSA) is 90.0 Å². The fourth-order valence-electron chi connectivity index (χ4n) is 3.00. The summed E-state index contributed by atoms with van der Waals surface area (Å²) in [6, 6.07) is 12.9. The van der Waals surface area contributed by atoms with Gasteiger partial charge in [-0.2, -0.15) is 0 Å². The Kier molecular flexibility index (Phi) is 5.01. The largest absolute Gasteiger partial charge is 0.483 e. The first-order valence-electron chi connectivity index (χ1n) is 8.75. The first-order valence-corrected chi connectivity index (χ1v) is 9.63. The molecule has 0 unspecified atom stereocenters. The van der Waals surface area contributed by atoms with Crippen LogP contribution in [0.5, 0.6) is 5.75 Å². The van der Waals surface area contributed by atoms with Crippen LogP contribution < -0.4 is 15.7 Å². The van der Waals surface area contributed by atoms with Gasteiger partial charge in [0, 0.05) is 23.5 Å². The normalized spacial score (nSPS) is 10.9. The highest BCUT2D eigenvalue weighted by Gasteiger charge is 2.20. The lowest BCUT2D eigenvalue weighted by atomic mass is 10.2. The van der Waals surface area contributed by atoms with Gasteiger partial charge in [0.2, 0.25) is 5.43 Å². The molecule has 0 aliphatic heterocycles. The molecule has 1 N–H and O–H groups in total. The van der Waals surface area contributed by atoms with Gasteiger partial charge in [-0.15, -0.1) is 11.3 Å². The lowest BCUT2D eigenvalue weighted by Crippen LogP contribution is -2.27. The highest BCUT2D eigenvalue weighted by Crippen LogP contribution is 2.16. The number of benzene rings is 1. The van der Waals surface area contributed by atoms with Crippen molar-refractivity contribution in [1.82, 2.24) is 8.97 Å². The summed E-state index contributed by atoms with van der Waals surface area (Å²) in [6.45, 7) is 0.383. The minimum absolute atomic E-state index is 0.00925. The molecule has 7 nitrogen and oxygen atoms in total. The summed E-state index contributed by atoms with van der Waals surface area (Å²) in [4.78, 5) is 38.3. The van der Waals surface area contributed by atoms with Crippen LogP contribution in [-0.2, 0) is 13.2 Å². The number of ether oxygens (including phenoxy) is 1. The van der Waals surface area contributed by atoms with Gasteiger partial charge in [-0.05, 0) is 17.0 Å². The summed E-state index contributed by atoms with van der Waals surface area (Å²) in [5.41, 5.74) is -0.908. The van der Waals surface area contributed by atoms with Crippen molar-refractivity contribution in [3.05, 3.63) is 103 Å². The van der Waals surface area contributed by atoms with Gasteiger partial charge in [0.1, 0.15) is 12.2 Å². The van der Waals surface area contributed by atoms with E-state index in [1.807, 2.05) is 47.8 Å². The summed E-state index contributed by atoms with van der Waals surface area (Å²) in [5, 5.41) is 11.3. The molecule has 0 radical (unpaired) electrons. The molecule has 8 heteroatoms. The third kappa shape index (κ3) is 3.70. The maximum absolute atomic E-state index is 13.1. The van der Waals surface area contributed by atoms with Crippen LogP contribution in [0.25, 0.3) is 5.52 Å². The number of nitrogens with zero attached hydrogens (tertiary/aromatic N) is 2. The fraction of sp³-hybridized carbons (Fsp3) is 0.0952. The first-order chi connectivity index (χ1) is 14.0. The molecule has 0 aliphatic rings. The lowest BCUT2D eigenvalue weighted by Gasteiger charge is -2.13. The number of aromatic nitrogens is 2. The summed E-state index contributed by atoms with van der Waals surface area (Å²) < 4.78 is 8.49. The monoisotopic (exact) mass is 408 g/mol. The Labute approximate surface area is 168 Å². The van der Waals surface area contributed by atoms with Crippen LogP contribution in [0.3, 0.4) is 0 Å². The predicted octanol–water partition coefficient (Wildman–Crippen LogP) is 2.85. The molecule has 0 saturated carbocycles. The third-order valence-electron chi connectivity index (χ3n) is 4.43. The second-order valence-corrected chi connectivity index (χ2v) is 7.38. The van der Waals surface area contributed by atoms with E-state index < -0.39 is 22.5 Å². The third-order valence-corrected chi connectivity index (χ3v) is 5.29. The van der Waals surface area contributed by atoms with Crippen LogP contribution in [-0.4, -0.2) is 20.0 Å². The number of thiophene rings is 1. The predicted molar refractivity (Wildman–Crippen MR) is 109 cm³/mol. The van der Waals surface area contributed by atoms with E-state index >= 15 is 0 Å². The number of carboxylic acid groups (broad SMARTS) is 1. The van der Waals surface area contributed by atoms with Gasteiger partial charge in [-0.1, -0.05) is 36.4 Å². The van der Waals surface area contributed by atoms with Crippen LogP contribution in [0.1, 0.15) is 20.8 Å². The number of carbonyl (C=O) groups is 1. The molecule has 4 rings (SSSR count). The molecule has 3 heterocycles. The molecular formula is C21H16N2O5S. The van der Waals surface area contributed by atoms with Crippen LogP contribution >= 0.6 is 11.3 Å². The molecule has 0 saturated heterocycles. The highest BCUT2D eigenvalue weighted by molar-refractivity contribution is 7.09. The molecule has 146 valence electrons. The van der Waals surface area contributed by atoms with E-state index in [0.717, 1.165) is 16.6 Å². The maximum atomic E-state index is 13.1. The van der Waals surface area contributed by atoms with Crippen molar-refractivity contribution in [2.45, 2.75) is 13.2 Å². The van der Waals surface area contributed by atoms with E-state index in [2.05, 4.69) is 0 Å². The van der Waals surface area contributed by atoms with Crippen molar-refractivity contribution in [3.8, 4) is 5.75 Å². The Bertz CT molecular complexity index is 1290. The zero-order chi connectivity index (χ0) is 20.4. The molecule has 0 spiro atoms. The maximum Gasteiger partial charge on any atom is 0.341 e. The minimum Gasteiger partial charge on any atom is -0.483 e. The van der Waals surface area contributed by atoms with Gasteiger partial charge < -0.3 is 18.8 Å². The van der Waals surface area contributed by atoms with Crippen molar-refractivity contribution in [2.24, 2.45) is 0 Å². The Balaban J connectivity index is 1.86. The molecule has 3 aromatic heterocycles. The van der Waals surface area contributed by atoms with E-state index in [9.17, 15) is 19.5 Å². The van der Waals surface area contributed by atoms with Crippen LogP contribution in [0.15, 0.2) is 76.0 Å². The van der Waals surface area contributed by atoms with Gasteiger partial charge >= 0.3 is 5.97 Å². The number of pyridine rings is 1. The van der Waals surface area contributed by atoms with Crippen molar-refractivity contribution in [2.75, 3.05) is 0 Å². The molecule has 4 aromatic rings. The number of aromatic carboxylic acids is 1. The van der Waals surface area contributed by atoms with Gasteiger partial charge in [0.15, 0.2) is 11.3 Å². The van der Waals surface area contributed by atoms with E-state index in [1.165, 1.54) is 20.3 Å². The number of fused-ring (bicyclic) bond motifs is 1. The van der Waals surface area contributed by atoms with Gasteiger partial charge in [-0.3, -0.25) is 9.59 Å². The number of hydrogen-bond acceptors (Lipinski definition) is 5. The molecule has 0 amide bonds. The Hall–Kier alpha value is -3.65. The molecule has 29 heavy (non-hydrogen) atoms. The Morgan fingerprint density at radius 1 is 1.07 bits per heavy atom. The Morgan fingerprint density at radius 3 is 2.55 bits per heavy atom. The SMILES string of the molecule is O=C(O)c1cn2ccn(Cc3cccs3)c(=O)c2c(OCc2ccccc2)c1=O. The van der Waals surface area contributed by atoms with E-state index in [0.29, 0.717) is 6.54 Å². The smallest absolute Gasteiger partial charge is 0.341 e. The van der Waals surface area contributed by atoms with Crippen LogP contribution in [0, 0.1) is 0 Å². The molecule has 0 fully saturated rings. The summed E-state index contributed by atoms with van der Waals surface area (Å²) in [6.07, 6.45) is 4.25. The van der Waals surface area contributed by atoms with E-state index in [-0.39, 0.29) is 17.9 Å². The lowest BCUT2D eigenvalue weighted by molar-refractivity contribution is 0.0694. The molecule has 0 aliphatic carbocycles. The van der Waals surface area contributed by atoms with E-state index in [1.54, 1.807) is 12.4 Å². The van der Waals surface area contributed by atoms with Crippen molar-refractivity contribution >= 4 is 22.8 Å². The second-order valence-electron chi connectivity index (χ2n) is 6.35. The quantitative estimate of drug-likeness (QED) is 0.530. The van der Waals surface area contributed by atoms with Crippen molar-refractivity contribution in [1.29, 1.82) is 0 Å². The van der Waals surface area contributed by atoms with Crippen LogP contribution in [0.2, 0.25) is 0 Å². The average Bonchev–Trinajstić information content (AvgIpc) is 3.23. The zero-order valence-corrected chi connectivity index (χ0v) is 16.0. The second kappa shape index (κ2) is 7.76. The highest BCUT2D eigenvalue weighted by atomic mass is 32.1. The fourth-order valence-corrected chi connectivity index (χ4v) is 3.70. The standard InChI is InChI=1S/C21H16N2O5S/c24-18-16(21(26)27)12-22-8-9-23(11-15-7-4-10-29-15)20(25)17(22)19(18)28-13-14-5-2-1-3-6-14/h1-10,12H,11,13H2,(H,26,27).